The summed E-state index contributed by atoms with van der Waals surface area (Å²) in [6.07, 6.45) is 0. The lowest BCUT2D eigenvalue weighted by Gasteiger charge is -2.07. The fraction of sp³-hybridized carbons (Fsp3) is 0.222. The molecular formula is C9H13N3O4S. The van der Waals surface area contributed by atoms with E-state index >= 15 is 0 Å². The fourth-order valence-corrected chi connectivity index (χ4v) is 1.79. The maximum Gasteiger partial charge on any atom is 0.325 e. The molecule has 0 heterocycles. The van der Waals surface area contributed by atoms with E-state index in [1.807, 2.05) is 0 Å². The molecule has 1 aromatic carbocycles. The van der Waals surface area contributed by atoms with Crippen molar-refractivity contribution in [3.8, 4) is 5.75 Å². The minimum absolute atomic E-state index is 0.105. The van der Waals surface area contributed by atoms with Crippen LogP contribution in [0.5, 0.6) is 5.75 Å². The van der Waals surface area contributed by atoms with E-state index in [1.165, 1.54) is 0 Å². The van der Waals surface area contributed by atoms with Gasteiger partial charge in [-0.05, 0) is 12.1 Å². The van der Waals surface area contributed by atoms with Crippen LogP contribution in [0.2, 0.25) is 0 Å². The molecule has 0 radical (unpaired) electrons. The van der Waals surface area contributed by atoms with E-state index in [9.17, 15) is 13.2 Å². The highest BCUT2D eigenvalue weighted by Crippen LogP contribution is 2.14. The molecule has 7 nitrogen and oxygen atoms in total. The van der Waals surface area contributed by atoms with Crippen molar-refractivity contribution in [1.82, 2.24) is 4.72 Å². The molecule has 0 unspecified atom stereocenters. The zero-order valence-electron chi connectivity index (χ0n) is 8.92. The van der Waals surface area contributed by atoms with Crippen molar-refractivity contribution in [2.24, 2.45) is 5.73 Å². The molecule has 0 aromatic heterocycles. The number of carbonyl (C=O) groups excluding carboxylic acids is 1. The molecule has 0 aliphatic rings. The number of benzene rings is 1. The number of anilines is 1. The summed E-state index contributed by atoms with van der Waals surface area (Å²) in [6, 6.07) is 5.45. The first-order chi connectivity index (χ1) is 7.89. The van der Waals surface area contributed by atoms with E-state index in [1.54, 1.807) is 29.0 Å². The number of urea groups is 1. The Bertz CT molecular complexity index is 501. The van der Waals surface area contributed by atoms with Crippen LogP contribution in [0, 0.1) is 0 Å². The van der Waals surface area contributed by atoms with E-state index < -0.39 is 16.1 Å². The Morgan fingerprint density at radius 1 is 1.41 bits per heavy atom. The molecule has 0 spiro atoms. The highest BCUT2D eigenvalue weighted by atomic mass is 32.2. The Morgan fingerprint density at radius 3 is 2.71 bits per heavy atom. The van der Waals surface area contributed by atoms with Gasteiger partial charge in [0.1, 0.15) is 18.1 Å². The van der Waals surface area contributed by atoms with Gasteiger partial charge in [-0.25, -0.2) is 17.9 Å². The number of hydrogen-bond donors (Lipinski definition) is 3. The maximum atomic E-state index is 11.2. The molecule has 8 heteroatoms. The minimum Gasteiger partial charge on any atom is -0.492 e. The Labute approximate surface area is 98.8 Å². The van der Waals surface area contributed by atoms with E-state index in [2.05, 4.69) is 0 Å². The third-order valence-corrected chi connectivity index (χ3v) is 2.95. The number of rotatable bonds is 5. The van der Waals surface area contributed by atoms with Gasteiger partial charge in [0.15, 0.2) is 0 Å². The van der Waals surface area contributed by atoms with E-state index in [4.69, 9.17) is 16.2 Å². The number of ether oxygens (including phenoxy) is 1. The Kier molecular flexibility index (Phi) is 4.16. The van der Waals surface area contributed by atoms with Gasteiger partial charge in [-0.1, -0.05) is 6.07 Å². The van der Waals surface area contributed by atoms with Gasteiger partial charge in [-0.15, -0.1) is 0 Å². The maximum absolute atomic E-state index is 11.2. The van der Waals surface area contributed by atoms with Crippen molar-refractivity contribution in [2.45, 2.75) is 0 Å². The van der Waals surface area contributed by atoms with Crippen LogP contribution in [0.1, 0.15) is 0 Å². The van der Waals surface area contributed by atoms with Crippen LogP contribution in [0.25, 0.3) is 0 Å². The van der Waals surface area contributed by atoms with Gasteiger partial charge in [-0.3, -0.25) is 0 Å². The number of nitrogen functional groups attached to an aromatic ring is 1. The highest BCUT2D eigenvalue weighted by molar-refractivity contribution is 7.90. The van der Waals surface area contributed by atoms with Crippen LogP contribution < -0.4 is 20.9 Å². The summed E-state index contributed by atoms with van der Waals surface area (Å²) in [7, 11) is -3.74. The van der Waals surface area contributed by atoms with E-state index in [0.29, 0.717) is 11.4 Å². The van der Waals surface area contributed by atoms with Crippen molar-refractivity contribution < 1.29 is 17.9 Å². The molecule has 0 aliphatic carbocycles. The fourth-order valence-electron chi connectivity index (χ4n) is 1.08. The summed E-state index contributed by atoms with van der Waals surface area (Å²) in [4.78, 5) is 10.4. The highest BCUT2D eigenvalue weighted by Gasteiger charge is 2.12. The number of hydrogen-bond acceptors (Lipinski definition) is 5. The zero-order valence-corrected chi connectivity index (χ0v) is 9.74. The summed E-state index contributed by atoms with van der Waals surface area (Å²) in [5.41, 5.74) is 10.7. The molecule has 0 bridgehead atoms. The molecule has 0 saturated heterocycles. The van der Waals surface area contributed by atoms with Crippen LogP contribution in [0.3, 0.4) is 0 Å². The monoisotopic (exact) mass is 259 g/mol. The van der Waals surface area contributed by atoms with E-state index in [-0.39, 0.29) is 12.4 Å². The molecule has 2 amide bonds. The molecule has 5 N–H and O–H groups in total. The lowest BCUT2D eigenvalue weighted by Crippen LogP contribution is -2.37. The number of primary amides is 1. The second kappa shape index (κ2) is 5.39. The van der Waals surface area contributed by atoms with E-state index in [0.717, 1.165) is 0 Å². The minimum atomic E-state index is -3.74. The van der Waals surface area contributed by atoms with Crippen LogP contribution in [0.15, 0.2) is 24.3 Å². The second-order valence-corrected chi connectivity index (χ2v) is 5.05. The smallest absolute Gasteiger partial charge is 0.325 e. The SMILES string of the molecule is NC(=O)NS(=O)(=O)CCOc1cccc(N)c1. The first-order valence-corrected chi connectivity index (χ1v) is 6.32. The number of sulfonamides is 1. The average Bonchev–Trinajstić information content (AvgIpc) is 2.15. The first-order valence-electron chi connectivity index (χ1n) is 4.67. The van der Waals surface area contributed by atoms with Crippen molar-refractivity contribution in [1.29, 1.82) is 0 Å². The summed E-state index contributed by atoms with van der Waals surface area (Å²) in [5, 5.41) is 0. The third kappa shape index (κ3) is 5.07. The van der Waals surface area contributed by atoms with Crippen molar-refractivity contribution in [3.05, 3.63) is 24.3 Å². The molecule has 1 aromatic rings. The van der Waals surface area contributed by atoms with Gasteiger partial charge >= 0.3 is 6.03 Å². The topological polar surface area (TPSA) is 125 Å². The zero-order chi connectivity index (χ0) is 12.9. The van der Waals surface area contributed by atoms with Crippen molar-refractivity contribution in [2.75, 3.05) is 18.1 Å². The molecular weight excluding hydrogens is 246 g/mol. The molecule has 17 heavy (non-hydrogen) atoms. The summed E-state index contributed by atoms with van der Waals surface area (Å²) in [5.74, 6) is 0.0874. The molecule has 0 atom stereocenters. The lowest BCUT2D eigenvalue weighted by molar-refractivity contribution is 0.253. The standard InChI is InChI=1S/C9H13N3O4S/c10-7-2-1-3-8(6-7)16-4-5-17(14,15)12-9(11)13/h1-3,6H,4-5,10H2,(H3,11,12,13). The van der Waals surface area contributed by atoms with Crippen molar-refractivity contribution >= 4 is 21.7 Å². The number of carbonyl (C=O) groups is 1. The normalized spacial score (nSPS) is 10.8. The molecule has 94 valence electrons. The Hall–Kier alpha value is -1.96. The van der Waals surface area contributed by atoms with Gasteiger partial charge in [-0.2, -0.15) is 0 Å². The number of nitrogens with one attached hydrogen (secondary N) is 1. The first kappa shape index (κ1) is 13.1. The largest absolute Gasteiger partial charge is 0.492 e. The van der Waals surface area contributed by atoms with Crippen LogP contribution in [0.4, 0.5) is 10.5 Å². The molecule has 1 rings (SSSR count). The predicted octanol–water partition coefficient (Wildman–Crippen LogP) is -0.354. The van der Waals surface area contributed by atoms with Gasteiger partial charge < -0.3 is 16.2 Å². The Balaban J connectivity index is 2.45. The summed E-state index contributed by atoms with van der Waals surface area (Å²) < 4.78 is 29.1. The lowest BCUT2D eigenvalue weighted by atomic mass is 10.3. The van der Waals surface area contributed by atoms with Crippen LogP contribution in [-0.4, -0.2) is 26.8 Å². The summed E-state index contributed by atoms with van der Waals surface area (Å²) >= 11 is 0. The second-order valence-electron chi connectivity index (χ2n) is 3.21. The number of amides is 2. The quantitative estimate of drug-likeness (QED) is 0.623. The summed E-state index contributed by atoms with van der Waals surface area (Å²) in [6.45, 7) is -0.105. The van der Waals surface area contributed by atoms with Gasteiger partial charge in [0.2, 0.25) is 10.0 Å². The molecule has 0 saturated carbocycles. The average molecular weight is 259 g/mol. The third-order valence-electron chi connectivity index (χ3n) is 1.73. The Morgan fingerprint density at radius 2 is 2.12 bits per heavy atom. The van der Waals surface area contributed by atoms with Crippen LogP contribution in [-0.2, 0) is 10.0 Å². The molecule has 0 fully saturated rings. The van der Waals surface area contributed by atoms with Gasteiger partial charge in [0, 0.05) is 11.8 Å². The van der Waals surface area contributed by atoms with Crippen molar-refractivity contribution in [3.63, 3.8) is 0 Å². The number of nitrogens with two attached hydrogens (primary N) is 2. The van der Waals surface area contributed by atoms with Crippen LogP contribution >= 0.6 is 0 Å². The predicted molar refractivity (Wildman–Crippen MR) is 62.9 cm³/mol. The van der Waals surface area contributed by atoms with Gasteiger partial charge in [0.05, 0.1) is 0 Å². The molecule has 0 aliphatic heterocycles. The van der Waals surface area contributed by atoms with Gasteiger partial charge in [0.25, 0.3) is 0 Å².